The number of halogens is 3. The molecule has 0 aliphatic carbocycles. The largest absolute Gasteiger partial charge is 0.433 e. The summed E-state index contributed by atoms with van der Waals surface area (Å²) in [6, 6.07) is 2.05. The molecular weight excluding hydrogens is 271 g/mol. The van der Waals surface area contributed by atoms with Crippen LogP contribution in [0.5, 0.6) is 0 Å². The Balaban J connectivity index is 2.26. The van der Waals surface area contributed by atoms with Crippen molar-refractivity contribution < 1.29 is 13.2 Å². The highest BCUT2D eigenvalue weighted by atomic mass is 19.4. The van der Waals surface area contributed by atoms with Gasteiger partial charge in [0.15, 0.2) is 0 Å². The highest BCUT2D eigenvalue weighted by Crippen LogP contribution is 2.29. The number of nitrogens with zero attached hydrogens (tertiary/aromatic N) is 2. The van der Waals surface area contributed by atoms with E-state index >= 15 is 0 Å². The number of alkyl halides is 3. The van der Waals surface area contributed by atoms with Crippen molar-refractivity contribution in [3.63, 3.8) is 0 Å². The van der Waals surface area contributed by atoms with Crippen LogP contribution in [0.15, 0.2) is 24.5 Å². The summed E-state index contributed by atoms with van der Waals surface area (Å²) in [5.74, 6) is 0. The molecule has 0 bridgehead atoms. The normalized spacial score (nSPS) is 13.4. The number of pyridine rings is 1. The topological polar surface area (TPSA) is 93.6 Å². The first-order valence-electron chi connectivity index (χ1n) is 5.93. The number of aromatic amines is 1. The lowest BCUT2D eigenvalue weighted by atomic mass is 10.0. The third-order valence-electron chi connectivity index (χ3n) is 2.85. The average Bonchev–Trinajstić information content (AvgIpc) is 2.86. The Morgan fingerprint density at radius 3 is 2.55 bits per heavy atom. The summed E-state index contributed by atoms with van der Waals surface area (Å²) < 4.78 is 37.3. The minimum atomic E-state index is -4.45. The molecule has 0 radical (unpaired) electrons. The maximum atomic E-state index is 12.4. The van der Waals surface area contributed by atoms with E-state index in [1.54, 1.807) is 6.20 Å². The Morgan fingerprint density at radius 1 is 1.25 bits per heavy atom. The summed E-state index contributed by atoms with van der Waals surface area (Å²) in [7, 11) is 0. The molecule has 0 spiro atoms. The molecule has 0 amide bonds. The van der Waals surface area contributed by atoms with Crippen molar-refractivity contribution in [2.45, 2.75) is 18.6 Å². The van der Waals surface area contributed by atoms with Crippen LogP contribution in [0, 0.1) is 0 Å². The van der Waals surface area contributed by atoms with Crippen LogP contribution < -0.4 is 11.5 Å². The number of H-pyrrole nitrogens is 1. The van der Waals surface area contributed by atoms with Crippen LogP contribution in [0.1, 0.15) is 11.3 Å². The third-order valence-corrected chi connectivity index (χ3v) is 2.85. The molecule has 5 N–H and O–H groups in total. The molecule has 0 aromatic carbocycles. The fourth-order valence-corrected chi connectivity index (χ4v) is 1.79. The van der Waals surface area contributed by atoms with Gasteiger partial charge in [-0.25, -0.2) is 0 Å². The van der Waals surface area contributed by atoms with Crippen molar-refractivity contribution in [1.29, 1.82) is 0 Å². The molecule has 0 aliphatic heterocycles. The number of hydrogen-bond donors (Lipinski definition) is 3. The molecule has 2 heterocycles. The summed E-state index contributed by atoms with van der Waals surface area (Å²) in [5, 5.41) is 6.63. The molecule has 1 atom stereocenters. The zero-order chi connectivity index (χ0) is 14.8. The summed E-state index contributed by atoms with van der Waals surface area (Å²) in [4.78, 5) is 3.42. The second-order valence-electron chi connectivity index (χ2n) is 4.40. The first-order chi connectivity index (χ1) is 9.41. The first kappa shape index (κ1) is 14.5. The van der Waals surface area contributed by atoms with Gasteiger partial charge >= 0.3 is 6.18 Å². The Hall–Kier alpha value is -1.93. The molecule has 108 valence electrons. The molecule has 0 saturated carbocycles. The number of hydrogen-bond acceptors (Lipinski definition) is 4. The van der Waals surface area contributed by atoms with Gasteiger partial charge in [0, 0.05) is 24.3 Å². The predicted molar refractivity (Wildman–Crippen MR) is 67.6 cm³/mol. The zero-order valence-corrected chi connectivity index (χ0v) is 10.5. The maximum absolute atomic E-state index is 12.4. The monoisotopic (exact) mass is 285 g/mol. The van der Waals surface area contributed by atoms with Crippen molar-refractivity contribution in [2.75, 3.05) is 6.54 Å². The van der Waals surface area contributed by atoms with E-state index in [-0.39, 0.29) is 6.04 Å². The molecule has 1 unspecified atom stereocenters. The van der Waals surface area contributed by atoms with E-state index in [1.807, 2.05) is 0 Å². The van der Waals surface area contributed by atoms with Crippen LogP contribution in [0.2, 0.25) is 0 Å². The Morgan fingerprint density at radius 2 is 2.00 bits per heavy atom. The molecule has 8 heteroatoms. The number of rotatable bonds is 4. The summed E-state index contributed by atoms with van der Waals surface area (Å²) in [6.45, 7) is 0.315. The smallest absolute Gasteiger partial charge is 0.329 e. The SMILES string of the molecule is NCC(N)Cc1cn[nH]c1-c1ccc(C(F)(F)F)nc1. The first-order valence-corrected chi connectivity index (χ1v) is 5.93. The van der Waals surface area contributed by atoms with Gasteiger partial charge in [-0.15, -0.1) is 0 Å². The van der Waals surface area contributed by atoms with Gasteiger partial charge in [0.25, 0.3) is 0 Å². The van der Waals surface area contributed by atoms with Crippen molar-refractivity contribution in [3.8, 4) is 11.3 Å². The van der Waals surface area contributed by atoms with Crippen LogP contribution in [-0.2, 0) is 12.6 Å². The molecule has 20 heavy (non-hydrogen) atoms. The number of aromatic nitrogens is 3. The van der Waals surface area contributed by atoms with Crippen LogP contribution in [0.4, 0.5) is 13.2 Å². The lowest BCUT2D eigenvalue weighted by molar-refractivity contribution is -0.141. The van der Waals surface area contributed by atoms with E-state index < -0.39 is 11.9 Å². The maximum Gasteiger partial charge on any atom is 0.433 e. The van der Waals surface area contributed by atoms with Crippen molar-refractivity contribution in [1.82, 2.24) is 15.2 Å². The summed E-state index contributed by atoms with van der Waals surface area (Å²) >= 11 is 0. The second kappa shape index (κ2) is 5.59. The summed E-state index contributed by atoms with van der Waals surface area (Å²) in [6.07, 6.45) is -1.21. The van der Waals surface area contributed by atoms with Crippen molar-refractivity contribution in [2.24, 2.45) is 11.5 Å². The van der Waals surface area contributed by atoms with E-state index in [4.69, 9.17) is 11.5 Å². The molecule has 0 aliphatic rings. The molecule has 0 saturated heterocycles. The highest BCUT2D eigenvalue weighted by Gasteiger charge is 2.32. The van der Waals surface area contributed by atoms with Gasteiger partial charge in [-0.1, -0.05) is 0 Å². The minimum Gasteiger partial charge on any atom is -0.329 e. The Kier molecular flexibility index (Phi) is 4.05. The van der Waals surface area contributed by atoms with Crippen LogP contribution in [-0.4, -0.2) is 27.8 Å². The third kappa shape index (κ3) is 3.14. The quantitative estimate of drug-likeness (QED) is 0.789. The average molecular weight is 285 g/mol. The fourth-order valence-electron chi connectivity index (χ4n) is 1.79. The van der Waals surface area contributed by atoms with Crippen molar-refractivity contribution >= 4 is 0 Å². The van der Waals surface area contributed by atoms with Gasteiger partial charge < -0.3 is 11.5 Å². The van der Waals surface area contributed by atoms with E-state index in [9.17, 15) is 13.2 Å². The second-order valence-corrected chi connectivity index (χ2v) is 4.40. The predicted octanol–water partition coefficient (Wildman–Crippen LogP) is 1.32. The van der Waals surface area contributed by atoms with Gasteiger partial charge in [-0.3, -0.25) is 10.1 Å². The standard InChI is InChI=1S/C12H14F3N5/c13-12(14,15)10-2-1-7(5-18-10)11-8(6-19-20-11)3-9(17)4-16/h1-2,5-6,9H,3-4,16-17H2,(H,19,20). The molecule has 2 aromatic rings. The highest BCUT2D eigenvalue weighted by molar-refractivity contribution is 5.61. The zero-order valence-electron chi connectivity index (χ0n) is 10.5. The van der Waals surface area contributed by atoms with Crippen molar-refractivity contribution in [3.05, 3.63) is 35.8 Å². The number of nitrogens with two attached hydrogens (primary N) is 2. The van der Waals surface area contributed by atoms with E-state index in [0.29, 0.717) is 24.2 Å². The van der Waals surface area contributed by atoms with E-state index in [0.717, 1.165) is 17.8 Å². The van der Waals surface area contributed by atoms with Gasteiger partial charge in [0.1, 0.15) is 5.69 Å². The van der Waals surface area contributed by atoms with Crippen LogP contribution >= 0.6 is 0 Å². The molecule has 5 nitrogen and oxygen atoms in total. The van der Waals surface area contributed by atoms with Gasteiger partial charge in [-0.05, 0) is 24.1 Å². The van der Waals surface area contributed by atoms with Crippen LogP contribution in [0.25, 0.3) is 11.3 Å². The number of nitrogens with one attached hydrogen (secondary N) is 1. The Bertz CT molecular complexity index is 561. The van der Waals surface area contributed by atoms with E-state index in [2.05, 4.69) is 15.2 Å². The van der Waals surface area contributed by atoms with Gasteiger partial charge in [-0.2, -0.15) is 18.3 Å². The fraction of sp³-hybridized carbons (Fsp3) is 0.333. The summed E-state index contributed by atoms with van der Waals surface area (Å²) in [5.41, 5.74) is 12.2. The molecule has 2 rings (SSSR count). The van der Waals surface area contributed by atoms with Crippen LogP contribution in [0.3, 0.4) is 0 Å². The lowest BCUT2D eigenvalue weighted by Crippen LogP contribution is -2.31. The molecule has 0 fully saturated rings. The Labute approximate surface area is 113 Å². The minimum absolute atomic E-state index is 0.228. The van der Waals surface area contributed by atoms with E-state index in [1.165, 1.54) is 6.07 Å². The molecular formula is C12H14F3N5. The van der Waals surface area contributed by atoms with Gasteiger partial charge in [0.2, 0.25) is 0 Å². The lowest BCUT2D eigenvalue weighted by Gasteiger charge is -2.09. The molecule has 2 aromatic heterocycles. The van der Waals surface area contributed by atoms with Gasteiger partial charge in [0.05, 0.1) is 11.9 Å².